The number of unbranched alkanes of at least 4 members (excludes halogenated alkanes) is 17. The van der Waals surface area contributed by atoms with Crippen LogP contribution in [0.25, 0.3) is 0 Å². The van der Waals surface area contributed by atoms with E-state index in [-0.39, 0.29) is 30.3 Å². The molecule has 6 nitrogen and oxygen atoms in total. The molecular formula is C30H56O6S. The lowest BCUT2D eigenvalue weighted by molar-refractivity contribution is -0.161. The van der Waals surface area contributed by atoms with Crippen molar-refractivity contribution in [3.63, 3.8) is 0 Å². The second-order valence-electron chi connectivity index (χ2n) is 10.2. The maximum atomic E-state index is 12.0. The van der Waals surface area contributed by atoms with E-state index in [9.17, 15) is 19.5 Å². The molecule has 0 aliphatic heterocycles. The van der Waals surface area contributed by atoms with Crippen molar-refractivity contribution in [3.8, 4) is 0 Å². The molecule has 0 aromatic carbocycles. The van der Waals surface area contributed by atoms with Gasteiger partial charge in [-0.1, -0.05) is 121 Å². The SMILES string of the molecule is CCCCCCCCCCCCC(=O)O[C@@H](CO)COC(=O)CCCCCCCCCCCSC(C)=O. The fourth-order valence-electron chi connectivity index (χ4n) is 4.21. The highest BCUT2D eigenvalue weighted by molar-refractivity contribution is 8.13. The van der Waals surface area contributed by atoms with E-state index in [1.165, 1.54) is 88.8 Å². The standard InChI is InChI=1S/C30H56O6S/c1-3-4-5-6-7-8-10-14-17-20-23-30(34)36-28(25-31)26-35-29(33)22-19-16-13-11-9-12-15-18-21-24-37-27(2)32/h28,31H,3-26H2,1-2H3/t28-/m0/s1. The number of carbonyl (C=O) groups is 3. The number of hydrogen-bond donors (Lipinski definition) is 1. The Morgan fingerprint density at radius 1 is 0.649 bits per heavy atom. The van der Waals surface area contributed by atoms with Gasteiger partial charge in [0.2, 0.25) is 0 Å². The van der Waals surface area contributed by atoms with Crippen molar-refractivity contribution in [2.75, 3.05) is 19.0 Å². The first-order valence-electron chi connectivity index (χ1n) is 15.1. The van der Waals surface area contributed by atoms with E-state index in [2.05, 4.69) is 6.92 Å². The first-order valence-corrected chi connectivity index (χ1v) is 16.1. The Morgan fingerprint density at radius 2 is 1.08 bits per heavy atom. The number of aliphatic hydroxyl groups is 1. The fraction of sp³-hybridized carbons (Fsp3) is 0.900. The molecule has 0 amide bonds. The zero-order valence-corrected chi connectivity index (χ0v) is 24.8. The summed E-state index contributed by atoms with van der Waals surface area (Å²) in [6.45, 7) is 3.43. The molecule has 0 aliphatic rings. The lowest BCUT2D eigenvalue weighted by Gasteiger charge is -2.15. The first-order chi connectivity index (χ1) is 18.0. The lowest BCUT2D eigenvalue weighted by atomic mass is 10.1. The smallest absolute Gasteiger partial charge is 0.306 e. The minimum Gasteiger partial charge on any atom is -0.462 e. The highest BCUT2D eigenvalue weighted by Crippen LogP contribution is 2.14. The van der Waals surface area contributed by atoms with Crippen LogP contribution in [0.5, 0.6) is 0 Å². The van der Waals surface area contributed by atoms with E-state index < -0.39 is 6.10 Å². The second-order valence-corrected chi connectivity index (χ2v) is 11.5. The zero-order chi connectivity index (χ0) is 27.4. The molecule has 0 spiro atoms. The largest absolute Gasteiger partial charge is 0.462 e. The zero-order valence-electron chi connectivity index (χ0n) is 23.9. The van der Waals surface area contributed by atoms with Crippen molar-refractivity contribution in [1.29, 1.82) is 0 Å². The van der Waals surface area contributed by atoms with E-state index in [1.54, 1.807) is 6.92 Å². The van der Waals surface area contributed by atoms with Crippen LogP contribution in [0.1, 0.15) is 149 Å². The van der Waals surface area contributed by atoms with Gasteiger partial charge >= 0.3 is 11.9 Å². The third-order valence-corrected chi connectivity index (χ3v) is 7.40. The molecule has 7 heteroatoms. The fourth-order valence-corrected chi connectivity index (χ4v) is 4.84. The monoisotopic (exact) mass is 544 g/mol. The Hall–Kier alpha value is -1.08. The summed E-state index contributed by atoms with van der Waals surface area (Å²) in [5.74, 6) is 0.309. The maximum absolute atomic E-state index is 12.0. The average molecular weight is 545 g/mol. The van der Waals surface area contributed by atoms with Gasteiger partial charge in [0.15, 0.2) is 11.2 Å². The van der Waals surface area contributed by atoms with Gasteiger partial charge in [-0.2, -0.15) is 0 Å². The highest BCUT2D eigenvalue weighted by Gasteiger charge is 2.16. The summed E-state index contributed by atoms with van der Waals surface area (Å²) < 4.78 is 10.5. The van der Waals surface area contributed by atoms with Gasteiger partial charge in [0.05, 0.1) is 6.61 Å². The van der Waals surface area contributed by atoms with Crippen LogP contribution >= 0.6 is 11.8 Å². The molecule has 0 rings (SSSR count). The van der Waals surface area contributed by atoms with Crippen LogP contribution < -0.4 is 0 Å². The molecule has 0 saturated carbocycles. The topological polar surface area (TPSA) is 89.9 Å². The van der Waals surface area contributed by atoms with Crippen molar-refractivity contribution >= 4 is 28.8 Å². The number of esters is 2. The molecule has 0 saturated heterocycles. The molecule has 0 fully saturated rings. The van der Waals surface area contributed by atoms with Gasteiger partial charge in [0, 0.05) is 25.5 Å². The summed E-state index contributed by atoms with van der Waals surface area (Å²) in [6, 6.07) is 0. The van der Waals surface area contributed by atoms with Gasteiger partial charge in [-0.3, -0.25) is 14.4 Å². The van der Waals surface area contributed by atoms with Gasteiger partial charge in [-0.25, -0.2) is 0 Å². The predicted molar refractivity (Wildman–Crippen MR) is 154 cm³/mol. The molecule has 1 atom stereocenters. The molecule has 0 bridgehead atoms. The number of thioether (sulfide) groups is 1. The van der Waals surface area contributed by atoms with Crippen LogP contribution in [0.3, 0.4) is 0 Å². The predicted octanol–water partition coefficient (Wildman–Crippen LogP) is 7.93. The van der Waals surface area contributed by atoms with Crippen LogP contribution in [0, 0.1) is 0 Å². The van der Waals surface area contributed by atoms with Gasteiger partial charge in [0.1, 0.15) is 6.61 Å². The molecule has 0 aromatic rings. The third kappa shape index (κ3) is 27.8. The highest BCUT2D eigenvalue weighted by atomic mass is 32.2. The van der Waals surface area contributed by atoms with Crippen LogP contribution in [0.15, 0.2) is 0 Å². The van der Waals surface area contributed by atoms with Crippen LogP contribution in [0.2, 0.25) is 0 Å². The minimum absolute atomic E-state index is 0.0793. The van der Waals surface area contributed by atoms with Crippen molar-refractivity contribution in [2.24, 2.45) is 0 Å². The van der Waals surface area contributed by atoms with E-state index in [0.29, 0.717) is 12.8 Å². The van der Waals surface area contributed by atoms with Crippen molar-refractivity contribution in [1.82, 2.24) is 0 Å². The third-order valence-electron chi connectivity index (χ3n) is 6.50. The number of aliphatic hydroxyl groups excluding tert-OH is 1. The number of carbonyl (C=O) groups excluding carboxylic acids is 3. The second kappa shape index (κ2) is 27.9. The van der Waals surface area contributed by atoms with Gasteiger partial charge in [-0.15, -0.1) is 0 Å². The molecule has 0 aromatic heterocycles. The Balaban J connectivity index is 3.57. The summed E-state index contributed by atoms with van der Waals surface area (Å²) >= 11 is 1.42. The molecule has 218 valence electrons. The van der Waals surface area contributed by atoms with Gasteiger partial charge < -0.3 is 14.6 Å². The van der Waals surface area contributed by atoms with Gasteiger partial charge in [-0.05, 0) is 19.3 Å². The Labute approximate surface area is 231 Å². The summed E-state index contributed by atoms with van der Waals surface area (Å²) in [6.07, 6.45) is 22.0. The molecule has 1 N–H and O–H groups in total. The molecule has 0 aliphatic carbocycles. The summed E-state index contributed by atoms with van der Waals surface area (Å²) in [7, 11) is 0. The van der Waals surface area contributed by atoms with Crippen molar-refractivity contribution in [2.45, 2.75) is 155 Å². The number of rotatable bonds is 27. The van der Waals surface area contributed by atoms with Crippen molar-refractivity contribution < 1.29 is 29.0 Å². The Bertz CT molecular complexity index is 554. The minimum atomic E-state index is -0.777. The lowest BCUT2D eigenvalue weighted by Crippen LogP contribution is -2.28. The van der Waals surface area contributed by atoms with E-state index >= 15 is 0 Å². The van der Waals surface area contributed by atoms with E-state index in [1.807, 2.05) is 0 Å². The summed E-state index contributed by atoms with van der Waals surface area (Å²) in [5, 5.41) is 9.65. The Kier molecular flexibility index (Phi) is 27.1. The molecule has 37 heavy (non-hydrogen) atoms. The average Bonchev–Trinajstić information content (AvgIpc) is 2.88. The van der Waals surface area contributed by atoms with Crippen LogP contribution in [0.4, 0.5) is 0 Å². The molecule has 0 radical (unpaired) electrons. The van der Waals surface area contributed by atoms with E-state index in [0.717, 1.165) is 50.7 Å². The maximum Gasteiger partial charge on any atom is 0.306 e. The van der Waals surface area contributed by atoms with Crippen LogP contribution in [-0.2, 0) is 23.9 Å². The normalized spacial score (nSPS) is 11.9. The molecule has 0 unspecified atom stereocenters. The molecule has 0 heterocycles. The first kappa shape index (κ1) is 35.9. The Morgan fingerprint density at radius 3 is 1.54 bits per heavy atom. The van der Waals surface area contributed by atoms with Crippen molar-refractivity contribution in [3.05, 3.63) is 0 Å². The summed E-state index contributed by atoms with van der Waals surface area (Å²) in [5.41, 5.74) is 0. The summed E-state index contributed by atoms with van der Waals surface area (Å²) in [4.78, 5) is 34.8. The number of hydrogen-bond acceptors (Lipinski definition) is 7. The quantitative estimate of drug-likeness (QED) is 0.0829. The molecular weight excluding hydrogens is 488 g/mol. The van der Waals surface area contributed by atoms with E-state index in [4.69, 9.17) is 9.47 Å². The number of ether oxygens (including phenoxy) is 2. The van der Waals surface area contributed by atoms with Crippen LogP contribution in [-0.4, -0.2) is 47.2 Å². The van der Waals surface area contributed by atoms with Gasteiger partial charge in [0.25, 0.3) is 0 Å².